The van der Waals surface area contributed by atoms with E-state index in [2.05, 4.69) is 17.6 Å². The molecule has 2 N–H and O–H groups in total. The van der Waals surface area contributed by atoms with E-state index < -0.39 is 23.8 Å². The fourth-order valence-electron chi connectivity index (χ4n) is 4.68. The molecule has 2 aromatic rings. The van der Waals surface area contributed by atoms with E-state index >= 15 is 0 Å². The highest BCUT2D eigenvalue weighted by atomic mass is 32.2. The van der Waals surface area contributed by atoms with Crippen molar-refractivity contribution in [1.82, 2.24) is 10.2 Å². The smallest absolute Gasteiger partial charge is 0.408 e. The number of aryl methyl sites for hydroxylation is 1. The third-order valence-electron chi connectivity index (χ3n) is 6.95. The Labute approximate surface area is 262 Å². The predicted octanol–water partition coefficient (Wildman–Crippen LogP) is 7.52. The summed E-state index contributed by atoms with van der Waals surface area (Å²) in [5.41, 5.74) is 1.65. The van der Waals surface area contributed by atoms with Crippen LogP contribution in [-0.2, 0) is 14.3 Å². The Hall–Kier alpha value is -3.20. The third-order valence-corrected chi connectivity index (χ3v) is 7.59. The van der Waals surface area contributed by atoms with Crippen molar-refractivity contribution < 1.29 is 23.9 Å². The standard InChI is InChI=1S/C34H51N3O5S/c1-8-9-10-11-12-13-23-37(32(39)29(22-24-43-7)36-33(40)42-34(3,4)5)30(26-16-14-25(2)15-17-26)31(38)35-27-18-20-28(41-6)21-19-27/h14-21,29-30H,8-13,22-24H2,1-7H3,(H,35,38)(H,36,40). The Bertz CT molecular complexity index is 1130. The van der Waals surface area contributed by atoms with Crippen molar-refractivity contribution in [2.75, 3.05) is 31.0 Å². The molecule has 2 atom stereocenters. The molecule has 2 rings (SSSR count). The van der Waals surface area contributed by atoms with E-state index in [0.29, 0.717) is 35.7 Å². The fraction of sp³-hybridized carbons (Fsp3) is 0.559. The number of thioether (sulfide) groups is 1. The molecule has 0 bridgehead atoms. The van der Waals surface area contributed by atoms with Crippen LogP contribution in [0.5, 0.6) is 5.75 Å². The molecule has 2 unspecified atom stereocenters. The molecule has 0 aliphatic rings. The van der Waals surface area contributed by atoms with E-state index in [1.807, 2.05) is 37.4 Å². The molecule has 0 aromatic heterocycles. The normalized spacial score (nSPS) is 12.6. The van der Waals surface area contributed by atoms with Gasteiger partial charge in [-0.1, -0.05) is 68.9 Å². The first-order valence-electron chi connectivity index (χ1n) is 15.3. The van der Waals surface area contributed by atoms with E-state index in [1.165, 1.54) is 6.42 Å². The minimum atomic E-state index is -0.900. The summed E-state index contributed by atoms with van der Waals surface area (Å²) in [5, 5.41) is 5.82. The van der Waals surface area contributed by atoms with Crippen LogP contribution in [0.3, 0.4) is 0 Å². The Morgan fingerprint density at radius 2 is 1.56 bits per heavy atom. The molecule has 238 valence electrons. The second kappa shape index (κ2) is 18.5. The van der Waals surface area contributed by atoms with Gasteiger partial charge in [-0.25, -0.2) is 4.79 Å². The summed E-state index contributed by atoms with van der Waals surface area (Å²) >= 11 is 1.59. The molecule has 0 aliphatic carbocycles. The Morgan fingerprint density at radius 3 is 2.14 bits per heavy atom. The number of hydrogen-bond donors (Lipinski definition) is 2. The van der Waals surface area contributed by atoms with Crippen LogP contribution in [0.4, 0.5) is 10.5 Å². The highest BCUT2D eigenvalue weighted by molar-refractivity contribution is 7.98. The van der Waals surface area contributed by atoms with Crippen LogP contribution >= 0.6 is 11.8 Å². The van der Waals surface area contributed by atoms with Crippen LogP contribution in [0.2, 0.25) is 0 Å². The Balaban J connectivity index is 2.48. The van der Waals surface area contributed by atoms with Gasteiger partial charge in [-0.2, -0.15) is 11.8 Å². The summed E-state index contributed by atoms with van der Waals surface area (Å²) < 4.78 is 10.8. The van der Waals surface area contributed by atoms with Crippen molar-refractivity contribution in [3.63, 3.8) is 0 Å². The highest BCUT2D eigenvalue weighted by Crippen LogP contribution is 2.27. The number of unbranched alkanes of at least 4 members (excludes halogenated alkanes) is 5. The molecule has 0 radical (unpaired) electrons. The van der Waals surface area contributed by atoms with Crippen LogP contribution in [0, 0.1) is 6.92 Å². The zero-order chi connectivity index (χ0) is 31.8. The number of anilines is 1. The maximum atomic E-state index is 14.4. The molecule has 8 nitrogen and oxygen atoms in total. The van der Waals surface area contributed by atoms with Crippen molar-refractivity contribution in [1.29, 1.82) is 0 Å². The first-order chi connectivity index (χ1) is 20.5. The second-order valence-corrected chi connectivity index (χ2v) is 12.8. The maximum Gasteiger partial charge on any atom is 0.408 e. The molecular formula is C34H51N3O5S. The van der Waals surface area contributed by atoms with Gasteiger partial charge in [0.25, 0.3) is 5.91 Å². The fourth-order valence-corrected chi connectivity index (χ4v) is 5.15. The van der Waals surface area contributed by atoms with Crippen molar-refractivity contribution in [2.24, 2.45) is 0 Å². The summed E-state index contributed by atoms with van der Waals surface area (Å²) in [6, 6.07) is 13.0. The van der Waals surface area contributed by atoms with Crippen molar-refractivity contribution in [2.45, 2.75) is 97.2 Å². The minimum Gasteiger partial charge on any atom is -0.497 e. The first-order valence-corrected chi connectivity index (χ1v) is 16.7. The number of amides is 3. The summed E-state index contributed by atoms with van der Waals surface area (Å²) in [6.07, 6.45) is 7.94. The van der Waals surface area contributed by atoms with Gasteiger partial charge in [0.15, 0.2) is 0 Å². The summed E-state index contributed by atoms with van der Waals surface area (Å²) in [7, 11) is 1.59. The van der Waals surface area contributed by atoms with Crippen LogP contribution < -0.4 is 15.4 Å². The number of alkyl carbamates (subject to hydrolysis) is 1. The van der Waals surface area contributed by atoms with Crippen molar-refractivity contribution >= 4 is 35.4 Å². The third kappa shape index (κ3) is 12.9. The molecule has 3 amide bonds. The lowest BCUT2D eigenvalue weighted by atomic mass is 10.00. The van der Waals surface area contributed by atoms with Gasteiger partial charge >= 0.3 is 6.09 Å². The van der Waals surface area contributed by atoms with Crippen molar-refractivity contribution in [3.8, 4) is 5.75 Å². The number of hydrogen-bond acceptors (Lipinski definition) is 6. The maximum absolute atomic E-state index is 14.4. The van der Waals surface area contributed by atoms with Gasteiger partial charge < -0.3 is 25.0 Å². The number of rotatable bonds is 17. The number of nitrogens with one attached hydrogen (secondary N) is 2. The number of nitrogens with zero attached hydrogens (tertiary/aromatic N) is 1. The molecule has 0 heterocycles. The van der Waals surface area contributed by atoms with Gasteiger partial charge in [0.2, 0.25) is 5.91 Å². The van der Waals surface area contributed by atoms with Crippen LogP contribution in [0.15, 0.2) is 48.5 Å². The van der Waals surface area contributed by atoms with E-state index in [0.717, 1.165) is 37.7 Å². The van der Waals surface area contributed by atoms with Gasteiger partial charge in [-0.05, 0) is 82.4 Å². The van der Waals surface area contributed by atoms with Gasteiger partial charge in [-0.3, -0.25) is 9.59 Å². The van der Waals surface area contributed by atoms with Gasteiger partial charge in [0.1, 0.15) is 23.4 Å². The molecule has 9 heteroatoms. The van der Waals surface area contributed by atoms with E-state index in [4.69, 9.17) is 9.47 Å². The largest absolute Gasteiger partial charge is 0.497 e. The lowest BCUT2D eigenvalue weighted by Gasteiger charge is -2.34. The molecule has 0 aliphatic heterocycles. The summed E-state index contributed by atoms with van der Waals surface area (Å²) in [5.74, 6) is 0.709. The zero-order valence-electron chi connectivity index (χ0n) is 27.0. The summed E-state index contributed by atoms with van der Waals surface area (Å²) in [4.78, 5) is 42.9. The summed E-state index contributed by atoms with van der Waals surface area (Å²) in [6.45, 7) is 9.90. The van der Waals surface area contributed by atoms with E-state index in [-0.39, 0.29) is 11.8 Å². The number of ether oxygens (including phenoxy) is 2. The Morgan fingerprint density at radius 1 is 0.930 bits per heavy atom. The van der Waals surface area contributed by atoms with Gasteiger partial charge in [-0.15, -0.1) is 0 Å². The number of carbonyl (C=O) groups excluding carboxylic acids is 3. The number of carbonyl (C=O) groups is 3. The second-order valence-electron chi connectivity index (χ2n) is 11.8. The molecule has 43 heavy (non-hydrogen) atoms. The first kappa shape index (κ1) is 36.0. The molecule has 0 saturated carbocycles. The van der Waals surface area contributed by atoms with Crippen LogP contribution in [0.1, 0.15) is 89.8 Å². The minimum absolute atomic E-state index is 0.302. The van der Waals surface area contributed by atoms with Crippen LogP contribution in [0.25, 0.3) is 0 Å². The highest BCUT2D eigenvalue weighted by Gasteiger charge is 2.36. The monoisotopic (exact) mass is 613 g/mol. The lowest BCUT2D eigenvalue weighted by Crippen LogP contribution is -2.52. The Kier molecular flexibility index (Phi) is 15.5. The molecular weight excluding hydrogens is 562 g/mol. The average molecular weight is 614 g/mol. The number of benzene rings is 2. The average Bonchev–Trinajstić information content (AvgIpc) is 2.96. The van der Waals surface area contributed by atoms with E-state index in [1.54, 1.807) is 68.8 Å². The van der Waals surface area contributed by atoms with Crippen LogP contribution in [-0.4, -0.2) is 60.1 Å². The lowest BCUT2D eigenvalue weighted by molar-refractivity contribution is -0.141. The zero-order valence-corrected chi connectivity index (χ0v) is 27.9. The predicted molar refractivity (Wildman–Crippen MR) is 177 cm³/mol. The molecule has 0 fully saturated rings. The topological polar surface area (TPSA) is 97.0 Å². The number of methoxy groups -OCH3 is 1. The van der Waals surface area contributed by atoms with E-state index in [9.17, 15) is 14.4 Å². The molecule has 0 saturated heterocycles. The molecule has 0 spiro atoms. The van der Waals surface area contributed by atoms with Crippen molar-refractivity contribution in [3.05, 3.63) is 59.7 Å². The quantitative estimate of drug-likeness (QED) is 0.179. The van der Waals surface area contributed by atoms with Gasteiger partial charge in [0.05, 0.1) is 7.11 Å². The SMILES string of the molecule is CCCCCCCCN(C(=O)C(CCSC)NC(=O)OC(C)(C)C)C(C(=O)Nc1ccc(OC)cc1)c1ccc(C)cc1. The van der Waals surface area contributed by atoms with Gasteiger partial charge in [0, 0.05) is 12.2 Å². The molecule has 2 aromatic carbocycles.